The molecule has 1 fully saturated rings. The molecule has 0 amide bonds. The quantitative estimate of drug-likeness (QED) is 0.882. The molecule has 23 heavy (non-hydrogen) atoms. The Bertz CT molecular complexity index is 550. The number of hydrogen-bond acceptors (Lipinski definition) is 2. The molecular formula is C21H28N2. The van der Waals surface area contributed by atoms with Crippen molar-refractivity contribution in [3.63, 3.8) is 0 Å². The summed E-state index contributed by atoms with van der Waals surface area (Å²) in [6.45, 7) is 4.42. The summed E-state index contributed by atoms with van der Waals surface area (Å²) in [6, 6.07) is 22.7. The largest absolute Gasteiger partial charge is 0.317 e. The molecule has 0 bridgehead atoms. The first-order valence-corrected chi connectivity index (χ1v) is 8.82. The SMILES string of the molecule is CCC(NC)C1CNCCC1(c1ccccc1)c1ccccc1. The number of piperidine rings is 1. The Kier molecular flexibility index (Phi) is 5.14. The number of hydrogen-bond donors (Lipinski definition) is 2. The molecule has 2 aromatic rings. The van der Waals surface area contributed by atoms with Crippen LogP contribution in [0.25, 0.3) is 0 Å². The maximum absolute atomic E-state index is 3.64. The lowest BCUT2D eigenvalue weighted by Crippen LogP contribution is -2.56. The summed E-state index contributed by atoms with van der Waals surface area (Å²) < 4.78 is 0. The minimum Gasteiger partial charge on any atom is -0.317 e. The second-order valence-electron chi connectivity index (χ2n) is 6.57. The Morgan fingerprint density at radius 1 is 1.04 bits per heavy atom. The normalized spacial score (nSPS) is 21.7. The van der Waals surface area contributed by atoms with Gasteiger partial charge in [0.1, 0.15) is 0 Å². The summed E-state index contributed by atoms with van der Waals surface area (Å²) in [4.78, 5) is 0. The highest BCUT2D eigenvalue weighted by atomic mass is 15.0. The van der Waals surface area contributed by atoms with Crippen molar-refractivity contribution in [2.45, 2.75) is 31.2 Å². The van der Waals surface area contributed by atoms with E-state index in [-0.39, 0.29) is 5.41 Å². The zero-order valence-electron chi connectivity index (χ0n) is 14.3. The Balaban J connectivity index is 2.17. The van der Waals surface area contributed by atoms with E-state index in [1.54, 1.807) is 0 Å². The van der Waals surface area contributed by atoms with Crippen molar-refractivity contribution in [3.05, 3.63) is 71.8 Å². The van der Waals surface area contributed by atoms with Crippen LogP contribution in [0.3, 0.4) is 0 Å². The first-order valence-electron chi connectivity index (χ1n) is 8.82. The zero-order chi connectivity index (χ0) is 16.1. The predicted octanol–water partition coefficient (Wildman–Crippen LogP) is 3.58. The summed E-state index contributed by atoms with van der Waals surface area (Å²) in [5, 5.41) is 7.21. The maximum atomic E-state index is 3.64. The number of rotatable bonds is 5. The highest BCUT2D eigenvalue weighted by Gasteiger charge is 2.46. The fourth-order valence-electron chi connectivity index (χ4n) is 4.43. The molecule has 2 heteroatoms. The zero-order valence-corrected chi connectivity index (χ0v) is 14.3. The second-order valence-corrected chi connectivity index (χ2v) is 6.57. The van der Waals surface area contributed by atoms with Crippen LogP contribution in [0.15, 0.2) is 60.7 Å². The van der Waals surface area contributed by atoms with Gasteiger partial charge in [-0.2, -0.15) is 0 Å². The molecule has 0 spiro atoms. The van der Waals surface area contributed by atoms with E-state index in [0.29, 0.717) is 12.0 Å². The molecule has 2 atom stereocenters. The van der Waals surface area contributed by atoms with Crippen molar-refractivity contribution < 1.29 is 0 Å². The molecule has 0 radical (unpaired) electrons. The molecule has 0 aliphatic carbocycles. The van der Waals surface area contributed by atoms with Crippen LogP contribution in [0.4, 0.5) is 0 Å². The molecule has 2 nitrogen and oxygen atoms in total. The third-order valence-corrected chi connectivity index (χ3v) is 5.57. The first kappa shape index (κ1) is 16.2. The van der Waals surface area contributed by atoms with Gasteiger partial charge in [0.05, 0.1) is 0 Å². The predicted molar refractivity (Wildman–Crippen MR) is 97.8 cm³/mol. The Hall–Kier alpha value is -1.64. The molecule has 2 aromatic carbocycles. The summed E-state index contributed by atoms with van der Waals surface area (Å²) in [5.74, 6) is 0.538. The maximum Gasteiger partial charge on any atom is 0.0270 e. The van der Waals surface area contributed by atoms with Crippen LogP contribution in [-0.2, 0) is 5.41 Å². The van der Waals surface area contributed by atoms with Gasteiger partial charge in [-0.25, -0.2) is 0 Å². The van der Waals surface area contributed by atoms with Crippen LogP contribution in [-0.4, -0.2) is 26.2 Å². The molecule has 1 aliphatic rings. The Morgan fingerprint density at radius 3 is 2.09 bits per heavy atom. The van der Waals surface area contributed by atoms with E-state index in [1.807, 2.05) is 0 Å². The standard InChI is InChI=1S/C21H28N2/c1-3-20(22-2)19-16-23-15-14-21(19,17-10-6-4-7-11-17)18-12-8-5-9-13-18/h4-13,19-20,22-23H,3,14-16H2,1-2H3. The van der Waals surface area contributed by atoms with E-state index < -0.39 is 0 Å². The van der Waals surface area contributed by atoms with Crippen molar-refractivity contribution in [1.82, 2.24) is 10.6 Å². The van der Waals surface area contributed by atoms with Gasteiger partial charge in [0.25, 0.3) is 0 Å². The molecule has 2 unspecified atom stereocenters. The van der Waals surface area contributed by atoms with E-state index in [2.05, 4.69) is 85.3 Å². The van der Waals surface area contributed by atoms with Gasteiger partial charge in [0.2, 0.25) is 0 Å². The highest BCUT2D eigenvalue weighted by Crippen LogP contribution is 2.45. The van der Waals surface area contributed by atoms with Gasteiger partial charge in [-0.1, -0.05) is 67.6 Å². The van der Waals surface area contributed by atoms with Gasteiger partial charge >= 0.3 is 0 Å². The lowest BCUT2D eigenvalue weighted by Gasteiger charge is -2.49. The minimum atomic E-state index is 0.0808. The fourth-order valence-corrected chi connectivity index (χ4v) is 4.43. The van der Waals surface area contributed by atoms with Crippen LogP contribution in [0.1, 0.15) is 30.9 Å². The summed E-state index contributed by atoms with van der Waals surface area (Å²) in [5.41, 5.74) is 2.98. The van der Waals surface area contributed by atoms with Crippen LogP contribution in [0, 0.1) is 5.92 Å². The van der Waals surface area contributed by atoms with Gasteiger partial charge in [-0.15, -0.1) is 0 Å². The monoisotopic (exact) mass is 308 g/mol. The van der Waals surface area contributed by atoms with Crippen LogP contribution < -0.4 is 10.6 Å². The first-order chi connectivity index (χ1) is 11.3. The fraction of sp³-hybridized carbons (Fsp3) is 0.429. The Labute approximate surface area is 140 Å². The number of benzene rings is 2. The van der Waals surface area contributed by atoms with E-state index in [9.17, 15) is 0 Å². The molecular weight excluding hydrogens is 280 g/mol. The van der Waals surface area contributed by atoms with Crippen LogP contribution >= 0.6 is 0 Å². The molecule has 1 aliphatic heterocycles. The Morgan fingerprint density at radius 2 is 1.61 bits per heavy atom. The average molecular weight is 308 g/mol. The van der Waals surface area contributed by atoms with Crippen LogP contribution in [0.2, 0.25) is 0 Å². The van der Waals surface area contributed by atoms with Crippen molar-refractivity contribution in [1.29, 1.82) is 0 Å². The molecule has 3 rings (SSSR count). The number of nitrogens with one attached hydrogen (secondary N) is 2. The van der Waals surface area contributed by atoms with E-state index in [4.69, 9.17) is 0 Å². The summed E-state index contributed by atoms with van der Waals surface area (Å²) in [7, 11) is 2.10. The van der Waals surface area contributed by atoms with Crippen molar-refractivity contribution in [2.75, 3.05) is 20.1 Å². The molecule has 0 saturated carbocycles. The minimum absolute atomic E-state index is 0.0808. The second kappa shape index (κ2) is 7.29. The van der Waals surface area contributed by atoms with Crippen molar-refractivity contribution >= 4 is 0 Å². The van der Waals surface area contributed by atoms with E-state index >= 15 is 0 Å². The average Bonchev–Trinajstić information content (AvgIpc) is 2.65. The van der Waals surface area contributed by atoms with E-state index in [0.717, 1.165) is 25.9 Å². The topological polar surface area (TPSA) is 24.1 Å². The van der Waals surface area contributed by atoms with E-state index in [1.165, 1.54) is 11.1 Å². The van der Waals surface area contributed by atoms with Gasteiger partial charge in [-0.05, 0) is 37.6 Å². The van der Waals surface area contributed by atoms with Gasteiger partial charge in [-0.3, -0.25) is 0 Å². The smallest absolute Gasteiger partial charge is 0.0270 e. The summed E-state index contributed by atoms with van der Waals surface area (Å²) in [6.07, 6.45) is 2.29. The lowest BCUT2D eigenvalue weighted by atomic mass is 9.60. The molecule has 122 valence electrons. The third-order valence-electron chi connectivity index (χ3n) is 5.57. The molecule has 1 heterocycles. The van der Waals surface area contributed by atoms with Gasteiger partial charge < -0.3 is 10.6 Å². The summed E-state index contributed by atoms with van der Waals surface area (Å²) >= 11 is 0. The van der Waals surface area contributed by atoms with Crippen LogP contribution in [0.5, 0.6) is 0 Å². The molecule has 0 aromatic heterocycles. The molecule has 1 saturated heterocycles. The molecule has 2 N–H and O–H groups in total. The lowest BCUT2D eigenvalue weighted by molar-refractivity contribution is 0.187. The van der Waals surface area contributed by atoms with Gasteiger partial charge in [0, 0.05) is 23.9 Å². The third kappa shape index (κ3) is 2.93. The van der Waals surface area contributed by atoms with Crippen molar-refractivity contribution in [3.8, 4) is 0 Å². The van der Waals surface area contributed by atoms with Crippen molar-refractivity contribution in [2.24, 2.45) is 5.92 Å². The highest BCUT2D eigenvalue weighted by molar-refractivity contribution is 5.42. The van der Waals surface area contributed by atoms with Gasteiger partial charge in [0.15, 0.2) is 0 Å².